The number of hydrogen-bond acceptors (Lipinski definition) is 4. The Morgan fingerprint density at radius 2 is 1.69 bits per heavy atom. The van der Waals surface area contributed by atoms with E-state index in [4.69, 9.17) is 0 Å². The molecule has 0 unspecified atom stereocenters. The molecule has 26 heavy (non-hydrogen) atoms. The summed E-state index contributed by atoms with van der Waals surface area (Å²) in [6.45, 7) is -1.28. The standard InChI is InChI=1S/C17H13F3N2O4/c18-11-3-1-2-10(6-11)17(25)21-8-16(24)26-9-15(23)22-14-5-4-12(19)7-13(14)20/h1-7H,8-9H2,(H,21,25)(H,22,23). The molecule has 0 bridgehead atoms. The molecule has 0 aromatic heterocycles. The molecule has 0 aliphatic heterocycles. The fourth-order valence-electron chi connectivity index (χ4n) is 1.86. The van der Waals surface area contributed by atoms with Crippen LogP contribution in [0.1, 0.15) is 10.4 Å². The highest BCUT2D eigenvalue weighted by molar-refractivity contribution is 5.96. The maximum atomic E-state index is 13.4. The summed E-state index contributed by atoms with van der Waals surface area (Å²) in [5.41, 5.74) is -0.255. The van der Waals surface area contributed by atoms with E-state index in [2.05, 4.69) is 15.4 Å². The molecule has 0 saturated carbocycles. The second-order valence-electron chi connectivity index (χ2n) is 5.03. The van der Waals surface area contributed by atoms with Crippen LogP contribution in [0.3, 0.4) is 0 Å². The van der Waals surface area contributed by atoms with Crippen molar-refractivity contribution < 1.29 is 32.3 Å². The first-order chi connectivity index (χ1) is 12.3. The molecule has 0 spiro atoms. The van der Waals surface area contributed by atoms with E-state index in [1.807, 2.05) is 0 Å². The average molecular weight is 366 g/mol. The molecule has 2 amide bonds. The van der Waals surface area contributed by atoms with Gasteiger partial charge in [-0.1, -0.05) is 6.07 Å². The fraction of sp³-hybridized carbons (Fsp3) is 0.118. The number of anilines is 1. The summed E-state index contributed by atoms with van der Waals surface area (Å²) in [5, 5.41) is 4.30. The van der Waals surface area contributed by atoms with E-state index < -0.39 is 48.4 Å². The normalized spacial score (nSPS) is 10.1. The lowest BCUT2D eigenvalue weighted by molar-refractivity contribution is -0.146. The monoisotopic (exact) mass is 366 g/mol. The number of ether oxygens (including phenoxy) is 1. The number of hydrogen-bond donors (Lipinski definition) is 2. The van der Waals surface area contributed by atoms with Crippen LogP contribution in [0.4, 0.5) is 18.9 Å². The Hall–Kier alpha value is -3.36. The fourth-order valence-corrected chi connectivity index (χ4v) is 1.86. The molecule has 2 aromatic carbocycles. The second kappa shape index (κ2) is 8.65. The van der Waals surface area contributed by atoms with Gasteiger partial charge in [-0.3, -0.25) is 14.4 Å². The Kier molecular flexibility index (Phi) is 6.31. The topological polar surface area (TPSA) is 84.5 Å². The SMILES string of the molecule is O=C(COC(=O)CNC(=O)c1cccc(F)c1)Nc1ccc(F)cc1F. The van der Waals surface area contributed by atoms with Crippen molar-refractivity contribution in [2.75, 3.05) is 18.5 Å². The van der Waals surface area contributed by atoms with Crippen LogP contribution in [0.2, 0.25) is 0 Å². The summed E-state index contributed by atoms with van der Waals surface area (Å²) in [7, 11) is 0. The first kappa shape index (κ1) is 19.0. The van der Waals surface area contributed by atoms with Gasteiger partial charge >= 0.3 is 5.97 Å². The Labute approximate surface area is 146 Å². The lowest BCUT2D eigenvalue weighted by Gasteiger charge is -2.08. The van der Waals surface area contributed by atoms with Crippen LogP contribution in [0.5, 0.6) is 0 Å². The summed E-state index contributed by atoms with van der Waals surface area (Å²) in [5.74, 6) is -4.86. The molecule has 0 aliphatic rings. The van der Waals surface area contributed by atoms with Gasteiger partial charge in [0.25, 0.3) is 11.8 Å². The number of esters is 1. The zero-order valence-electron chi connectivity index (χ0n) is 13.2. The molecular formula is C17H13F3N2O4. The Morgan fingerprint density at radius 3 is 2.38 bits per heavy atom. The Bertz CT molecular complexity index is 843. The molecule has 0 aliphatic carbocycles. The van der Waals surface area contributed by atoms with Crippen molar-refractivity contribution in [1.82, 2.24) is 5.32 Å². The number of carbonyl (C=O) groups is 3. The molecule has 0 heterocycles. The lowest BCUT2D eigenvalue weighted by Crippen LogP contribution is -2.32. The van der Waals surface area contributed by atoms with Gasteiger partial charge in [0.15, 0.2) is 6.61 Å². The van der Waals surface area contributed by atoms with Crippen LogP contribution in [0.25, 0.3) is 0 Å². The van der Waals surface area contributed by atoms with Crippen LogP contribution in [-0.2, 0) is 14.3 Å². The van der Waals surface area contributed by atoms with E-state index in [1.165, 1.54) is 12.1 Å². The van der Waals surface area contributed by atoms with Crippen molar-refractivity contribution in [2.45, 2.75) is 0 Å². The van der Waals surface area contributed by atoms with Crippen LogP contribution in [-0.4, -0.2) is 30.9 Å². The van der Waals surface area contributed by atoms with E-state index >= 15 is 0 Å². The van der Waals surface area contributed by atoms with Crippen LogP contribution in [0, 0.1) is 17.5 Å². The lowest BCUT2D eigenvalue weighted by atomic mass is 10.2. The number of carbonyl (C=O) groups excluding carboxylic acids is 3. The third-order valence-corrected chi connectivity index (χ3v) is 3.05. The van der Waals surface area contributed by atoms with Gasteiger partial charge in [0, 0.05) is 11.6 Å². The van der Waals surface area contributed by atoms with Gasteiger partial charge in [0.1, 0.15) is 24.0 Å². The highest BCUT2D eigenvalue weighted by atomic mass is 19.1. The molecule has 0 radical (unpaired) electrons. The van der Waals surface area contributed by atoms with E-state index in [0.29, 0.717) is 6.07 Å². The van der Waals surface area contributed by atoms with Gasteiger partial charge in [-0.2, -0.15) is 0 Å². The second-order valence-corrected chi connectivity index (χ2v) is 5.03. The molecule has 9 heteroatoms. The van der Waals surface area contributed by atoms with Gasteiger partial charge in [-0.05, 0) is 30.3 Å². The quantitative estimate of drug-likeness (QED) is 0.766. The van der Waals surface area contributed by atoms with Crippen molar-refractivity contribution in [3.63, 3.8) is 0 Å². The average Bonchev–Trinajstić information content (AvgIpc) is 2.60. The predicted molar refractivity (Wildman–Crippen MR) is 84.7 cm³/mol. The Morgan fingerprint density at radius 1 is 0.962 bits per heavy atom. The Balaban J connectivity index is 1.76. The third kappa shape index (κ3) is 5.62. The van der Waals surface area contributed by atoms with Crippen molar-refractivity contribution in [3.05, 3.63) is 65.5 Å². The molecule has 0 saturated heterocycles. The summed E-state index contributed by atoms with van der Waals surface area (Å²) in [6, 6.07) is 7.40. The third-order valence-electron chi connectivity index (χ3n) is 3.05. The highest BCUT2D eigenvalue weighted by Gasteiger charge is 2.13. The number of amides is 2. The van der Waals surface area contributed by atoms with E-state index in [9.17, 15) is 27.6 Å². The molecular weight excluding hydrogens is 353 g/mol. The number of rotatable bonds is 6. The first-order valence-electron chi connectivity index (χ1n) is 7.29. The van der Waals surface area contributed by atoms with Crippen LogP contribution >= 0.6 is 0 Å². The zero-order valence-corrected chi connectivity index (χ0v) is 13.2. The van der Waals surface area contributed by atoms with Gasteiger partial charge in [0.05, 0.1) is 5.69 Å². The number of nitrogens with one attached hydrogen (secondary N) is 2. The molecule has 6 nitrogen and oxygen atoms in total. The maximum absolute atomic E-state index is 13.4. The molecule has 2 N–H and O–H groups in total. The minimum absolute atomic E-state index is 0.0160. The predicted octanol–water partition coefficient (Wildman–Crippen LogP) is 2.02. The summed E-state index contributed by atoms with van der Waals surface area (Å²) >= 11 is 0. The zero-order chi connectivity index (χ0) is 19.1. The minimum atomic E-state index is -0.980. The van der Waals surface area contributed by atoms with Crippen molar-refractivity contribution in [3.8, 4) is 0 Å². The highest BCUT2D eigenvalue weighted by Crippen LogP contribution is 2.14. The van der Waals surface area contributed by atoms with E-state index in [1.54, 1.807) is 0 Å². The van der Waals surface area contributed by atoms with E-state index in [-0.39, 0.29) is 11.3 Å². The maximum Gasteiger partial charge on any atom is 0.325 e. The number of halogens is 3. The van der Waals surface area contributed by atoms with Gasteiger partial charge in [-0.25, -0.2) is 13.2 Å². The van der Waals surface area contributed by atoms with Crippen LogP contribution in [0.15, 0.2) is 42.5 Å². The smallest absolute Gasteiger partial charge is 0.325 e. The first-order valence-corrected chi connectivity index (χ1v) is 7.29. The van der Waals surface area contributed by atoms with Gasteiger partial charge in [0.2, 0.25) is 0 Å². The molecule has 2 rings (SSSR count). The van der Waals surface area contributed by atoms with Gasteiger partial charge in [-0.15, -0.1) is 0 Å². The summed E-state index contributed by atoms with van der Waals surface area (Å²) in [6.07, 6.45) is 0. The van der Waals surface area contributed by atoms with E-state index in [0.717, 1.165) is 24.3 Å². The van der Waals surface area contributed by atoms with Crippen LogP contribution < -0.4 is 10.6 Å². The summed E-state index contributed by atoms with van der Waals surface area (Å²) < 4.78 is 43.7. The van der Waals surface area contributed by atoms with Gasteiger partial charge < -0.3 is 15.4 Å². The molecule has 2 aromatic rings. The number of benzene rings is 2. The summed E-state index contributed by atoms with van der Waals surface area (Å²) in [4.78, 5) is 34.8. The minimum Gasteiger partial charge on any atom is -0.454 e. The largest absolute Gasteiger partial charge is 0.454 e. The molecule has 0 atom stereocenters. The van der Waals surface area contributed by atoms with Crippen molar-refractivity contribution in [2.24, 2.45) is 0 Å². The van der Waals surface area contributed by atoms with Crippen molar-refractivity contribution in [1.29, 1.82) is 0 Å². The molecule has 0 fully saturated rings. The molecule has 136 valence electrons. The van der Waals surface area contributed by atoms with Crippen molar-refractivity contribution >= 4 is 23.5 Å².